The summed E-state index contributed by atoms with van der Waals surface area (Å²) in [5.41, 5.74) is 3.19. The summed E-state index contributed by atoms with van der Waals surface area (Å²) in [4.78, 5) is 0. The molecule has 0 spiro atoms. The van der Waals surface area contributed by atoms with E-state index >= 15 is 0 Å². The average Bonchev–Trinajstić information content (AvgIpc) is 3.08. The van der Waals surface area contributed by atoms with Crippen molar-refractivity contribution in [3.05, 3.63) is 71.5 Å². The quantitative estimate of drug-likeness (QED) is 0.701. The summed E-state index contributed by atoms with van der Waals surface area (Å²) >= 11 is 5.96. The van der Waals surface area contributed by atoms with Crippen molar-refractivity contribution in [3.63, 3.8) is 0 Å². The minimum Gasteiger partial charge on any atom is -0.493 e. The summed E-state index contributed by atoms with van der Waals surface area (Å²) in [7, 11) is 3.26. The maximum atomic E-state index is 5.96. The lowest BCUT2D eigenvalue weighted by atomic mass is 10.2. The molecule has 0 atom stereocenters. The van der Waals surface area contributed by atoms with Gasteiger partial charge in [-0.25, -0.2) is 0 Å². The Labute approximate surface area is 146 Å². The summed E-state index contributed by atoms with van der Waals surface area (Å²) in [5, 5.41) is 4.14. The summed E-state index contributed by atoms with van der Waals surface area (Å²) in [6.07, 6.45) is 2.04. The molecule has 0 saturated carbocycles. The van der Waals surface area contributed by atoms with E-state index < -0.39 is 0 Å². The Bertz CT molecular complexity index is 812. The number of benzene rings is 2. The van der Waals surface area contributed by atoms with Gasteiger partial charge in [0.2, 0.25) is 0 Å². The van der Waals surface area contributed by atoms with Crippen molar-refractivity contribution in [3.8, 4) is 17.2 Å². The van der Waals surface area contributed by atoms with E-state index in [1.807, 2.05) is 54.7 Å². The number of methoxy groups -OCH3 is 2. The van der Waals surface area contributed by atoms with Crippen LogP contribution in [0.1, 0.15) is 5.69 Å². The topological polar surface area (TPSA) is 35.4 Å². The maximum absolute atomic E-state index is 5.96. The first kappa shape index (κ1) is 16.3. The number of rotatable bonds is 6. The molecule has 0 aliphatic heterocycles. The van der Waals surface area contributed by atoms with E-state index in [0.29, 0.717) is 18.0 Å². The summed E-state index contributed by atoms with van der Waals surface area (Å²) < 4.78 is 12.7. The number of aromatic nitrogens is 1. The Morgan fingerprint density at radius 1 is 0.958 bits per heavy atom. The van der Waals surface area contributed by atoms with Gasteiger partial charge in [0.1, 0.15) is 0 Å². The monoisotopic (exact) mass is 342 g/mol. The van der Waals surface area contributed by atoms with Gasteiger partial charge in [-0.3, -0.25) is 0 Å². The molecule has 2 aromatic carbocycles. The zero-order valence-electron chi connectivity index (χ0n) is 13.6. The number of ether oxygens (including phenoxy) is 2. The van der Waals surface area contributed by atoms with Crippen LogP contribution in [0, 0.1) is 0 Å². The van der Waals surface area contributed by atoms with E-state index in [1.165, 1.54) is 0 Å². The Kier molecular flexibility index (Phi) is 4.96. The molecule has 3 aromatic rings. The van der Waals surface area contributed by atoms with Crippen molar-refractivity contribution in [2.45, 2.75) is 6.54 Å². The van der Waals surface area contributed by atoms with E-state index in [1.54, 1.807) is 14.2 Å². The highest BCUT2D eigenvalue weighted by Crippen LogP contribution is 2.30. The molecule has 0 radical (unpaired) electrons. The van der Waals surface area contributed by atoms with Crippen LogP contribution in [0.4, 0.5) is 5.69 Å². The van der Waals surface area contributed by atoms with Gasteiger partial charge in [0.25, 0.3) is 0 Å². The van der Waals surface area contributed by atoms with Crippen molar-refractivity contribution in [2.24, 2.45) is 0 Å². The van der Waals surface area contributed by atoms with Crippen LogP contribution >= 0.6 is 11.6 Å². The van der Waals surface area contributed by atoms with Crippen LogP contribution in [0.3, 0.4) is 0 Å². The molecule has 0 bridgehead atoms. The van der Waals surface area contributed by atoms with Gasteiger partial charge in [0.15, 0.2) is 11.5 Å². The molecule has 1 heterocycles. The minimum absolute atomic E-state index is 0.686. The SMILES string of the molecule is COc1ccc(NCc2cccn2-c2ccc(Cl)cc2)cc1OC. The van der Waals surface area contributed by atoms with Crippen LogP contribution in [-0.4, -0.2) is 18.8 Å². The lowest BCUT2D eigenvalue weighted by molar-refractivity contribution is 0.355. The van der Waals surface area contributed by atoms with Crippen LogP contribution in [0.5, 0.6) is 11.5 Å². The summed E-state index contributed by atoms with van der Waals surface area (Å²) in [5.74, 6) is 1.42. The first-order valence-electron chi connectivity index (χ1n) is 7.59. The van der Waals surface area contributed by atoms with Gasteiger partial charge in [-0.15, -0.1) is 0 Å². The van der Waals surface area contributed by atoms with Crippen molar-refractivity contribution >= 4 is 17.3 Å². The molecule has 1 N–H and O–H groups in total. The number of nitrogens with one attached hydrogen (secondary N) is 1. The molecule has 1 aromatic heterocycles. The third kappa shape index (κ3) is 3.49. The molecule has 0 unspecified atom stereocenters. The predicted octanol–water partition coefficient (Wildman–Crippen LogP) is 4.76. The zero-order chi connectivity index (χ0) is 16.9. The largest absolute Gasteiger partial charge is 0.493 e. The van der Waals surface area contributed by atoms with Crippen LogP contribution < -0.4 is 14.8 Å². The summed E-state index contributed by atoms with van der Waals surface area (Å²) in [6.45, 7) is 0.686. The molecule has 24 heavy (non-hydrogen) atoms. The highest BCUT2D eigenvalue weighted by Gasteiger charge is 2.06. The van der Waals surface area contributed by atoms with E-state index in [0.717, 1.165) is 22.1 Å². The fourth-order valence-electron chi connectivity index (χ4n) is 2.55. The van der Waals surface area contributed by atoms with Gasteiger partial charge in [-0.05, 0) is 48.5 Å². The smallest absolute Gasteiger partial charge is 0.162 e. The molecule has 124 valence electrons. The van der Waals surface area contributed by atoms with Crippen LogP contribution in [-0.2, 0) is 6.54 Å². The molecule has 0 saturated heterocycles. The van der Waals surface area contributed by atoms with Crippen molar-refractivity contribution in [2.75, 3.05) is 19.5 Å². The lowest BCUT2D eigenvalue weighted by Gasteiger charge is -2.13. The van der Waals surface area contributed by atoms with E-state index in [4.69, 9.17) is 21.1 Å². The molecule has 0 fully saturated rings. The molecule has 5 heteroatoms. The van der Waals surface area contributed by atoms with Gasteiger partial charge in [-0.2, -0.15) is 0 Å². The molecular weight excluding hydrogens is 324 g/mol. The minimum atomic E-state index is 0.686. The summed E-state index contributed by atoms with van der Waals surface area (Å²) in [6, 6.07) is 17.7. The van der Waals surface area contributed by atoms with Gasteiger partial charge in [0, 0.05) is 34.4 Å². The van der Waals surface area contributed by atoms with Gasteiger partial charge < -0.3 is 19.4 Å². The number of halogens is 1. The highest BCUT2D eigenvalue weighted by molar-refractivity contribution is 6.30. The van der Waals surface area contributed by atoms with E-state index in [-0.39, 0.29) is 0 Å². The Balaban J connectivity index is 1.76. The van der Waals surface area contributed by atoms with Crippen LogP contribution in [0.2, 0.25) is 5.02 Å². The fourth-order valence-corrected chi connectivity index (χ4v) is 2.68. The highest BCUT2D eigenvalue weighted by atomic mass is 35.5. The fraction of sp³-hybridized carbons (Fsp3) is 0.158. The van der Waals surface area contributed by atoms with Gasteiger partial charge >= 0.3 is 0 Å². The number of anilines is 1. The molecule has 0 aliphatic carbocycles. The average molecular weight is 343 g/mol. The van der Waals surface area contributed by atoms with E-state index in [2.05, 4.69) is 16.0 Å². The van der Waals surface area contributed by atoms with Gasteiger partial charge in [0.05, 0.1) is 20.8 Å². The molecule has 0 amide bonds. The molecule has 3 rings (SSSR count). The second-order valence-corrected chi connectivity index (χ2v) is 5.71. The second-order valence-electron chi connectivity index (χ2n) is 5.27. The standard InChI is InChI=1S/C19H19ClN2O2/c1-23-18-10-7-15(12-19(18)24-2)21-13-17-4-3-11-22(17)16-8-5-14(20)6-9-16/h3-12,21H,13H2,1-2H3. The number of nitrogens with zero attached hydrogens (tertiary/aromatic N) is 1. The number of hydrogen-bond donors (Lipinski definition) is 1. The first-order chi connectivity index (χ1) is 11.7. The Morgan fingerprint density at radius 3 is 2.42 bits per heavy atom. The second kappa shape index (κ2) is 7.32. The molecule has 0 aliphatic rings. The Morgan fingerprint density at radius 2 is 1.71 bits per heavy atom. The zero-order valence-corrected chi connectivity index (χ0v) is 14.4. The maximum Gasteiger partial charge on any atom is 0.162 e. The predicted molar refractivity (Wildman–Crippen MR) is 97.7 cm³/mol. The normalized spacial score (nSPS) is 10.5. The van der Waals surface area contributed by atoms with Crippen LogP contribution in [0.15, 0.2) is 60.8 Å². The molecular formula is C19H19ClN2O2. The van der Waals surface area contributed by atoms with Gasteiger partial charge in [-0.1, -0.05) is 11.6 Å². The van der Waals surface area contributed by atoms with E-state index in [9.17, 15) is 0 Å². The third-order valence-corrected chi connectivity index (χ3v) is 4.05. The third-order valence-electron chi connectivity index (χ3n) is 3.80. The first-order valence-corrected chi connectivity index (χ1v) is 7.97. The molecule has 4 nitrogen and oxygen atoms in total. The lowest BCUT2D eigenvalue weighted by Crippen LogP contribution is -2.05. The van der Waals surface area contributed by atoms with Crippen molar-refractivity contribution in [1.82, 2.24) is 4.57 Å². The Hall–Kier alpha value is -2.59. The van der Waals surface area contributed by atoms with Crippen LogP contribution in [0.25, 0.3) is 5.69 Å². The van der Waals surface area contributed by atoms with Crippen molar-refractivity contribution < 1.29 is 9.47 Å². The van der Waals surface area contributed by atoms with Crippen molar-refractivity contribution in [1.29, 1.82) is 0 Å². The number of hydrogen-bond acceptors (Lipinski definition) is 3.